The molecule has 0 atom stereocenters. The molecule has 2 rings (SSSR count). The minimum absolute atomic E-state index is 0. The van der Waals surface area contributed by atoms with E-state index in [4.69, 9.17) is 15.6 Å². The second-order valence-electron chi connectivity index (χ2n) is 8.69. The van der Waals surface area contributed by atoms with E-state index >= 15 is 0 Å². The zero-order valence-corrected chi connectivity index (χ0v) is 18.8. The summed E-state index contributed by atoms with van der Waals surface area (Å²) in [5.74, 6) is 0.916. The number of hydrogen-bond acceptors (Lipinski definition) is 4. The monoisotopic (exact) mass is 401 g/mol. The van der Waals surface area contributed by atoms with Crippen LogP contribution in [0.25, 0.3) is 0 Å². The van der Waals surface area contributed by atoms with E-state index in [1.165, 1.54) is 51.4 Å². The Hall–Kier alpha value is -0.940. The smallest absolute Gasteiger partial charge is 0.217 e. The van der Waals surface area contributed by atoms with Crippen molar-refractivity contribution >= 4 is 11.7 Å². The molecule has 2 fully saturated rings. The van der Waals surface area contributed by atoms with Crippen LogP contribution in [0.15, 0.2) is 0 Å². The quantitative estimate of drug-likeness (QED) is 0.586. The first kappa shape index (κ1) is 27.1. The molecule has 0 aromatic heterocycles. The molecule has 0 saturated heterocycles. The second-order valence-corrected chi connectivity index (χ2v) is 8.69. The number of aliphatic hydroxyl groups excluding tert-OH is 1. The van der Waals surface area contributed by atoms with Gasteiger partial charge >= 0.3 is 0 Å². The molecule has 2 aliphatic carbocycles. The molecule has 0 radical (unpaired) electrons. The third kappa shape index (κ3) is 16.1. The highest BCUT2D eigenvalue weighted by atomic mass is 16.5. The SMILES string of the molecule is CC(C)C(=O)C1CCCCC1.CC(C)O.NC(=O)CCCOC1CCCCC1.[HH]. The molecule has 5 heteroatoms. The molecule has 0 spiro atoms. The lowest BCUT2D eigenvalue weighted by atomic mass is 9.83. The van der Waals surface area contributed by atoms with Gasteiger partial charge in [0, 0.05) is 32.4 Å². The molecule has 0 aliphatic heterocycles. The average Bonchev–Trinajstić information content (AvgIpc) is 2.66. The van der Waals surface area contributed by atoms with Crippen molar-refractivity contribution in [2.75, 3.05) is 6.61 Å². The predicted molar refractivity (Wildman–Crippen MR) is 117 cm³/mol. The molecule has 0 aromatic carbocycles. The molecule has 0 bridgehead atoms. The van der Waals surface area contributed by atoms with Gasteiger partial charge in [-0.25, -0.2) is 0 Å². The Kier molecular flexibility index (Phi) is 16.4. The third-order valence-corrected chi connectivity index (χ3v) is 5.05. The molecule has 5 nitrogen and oxygen atoms in total. The first-order valence-electron chi connectivity index (χ1n) is 11.4. The number of hydrogen-bond donors (Lipinski definition) is 2. The van der Waals surface area contributed by atoms with Crippen LogP contribution in [0.1, 0.15) is 106 Å². The summed E-state index contributed by atoms with van der Waals surface area (Å²) in [5, 5.41) is 8.06. The highest BCUT2D eigenvalue weighted by Crippen LogP contribution is 2.26. The van der Waals surface area contributed by atoms with Gasteiger partial charge in [0.2, 0.25) is 5.91 Å². The molecule has 28 heavy (non-hydrogen) atoms. The second kappa shape index (κ2) is 17.0. The molecule has 3 N–H and O–H groups in total. The van der Waals surface area contributed by atoms with Crippen molar-refractivity contribution < 1.29 is 20.9 Å². The minimum Gasteiger partial charge on any atom is -0.394 e. The fraction of sp³-hybridized carbons (Fsp3) is 0.913. The number of rotatable bonds is 7. The summed E-state index contributed by atoms with van der Waals surface area (Å²) < 4.78 is 5.63. The van der Waals surface area contributed by atoms with Gasteiger partial charge in [-0.15, -0.1) is 0 Å². The maximum absolute atomic E-state index is 11.5. The van der Waals surface area contributed by atoms with Crippen molar-refractivity contribution in [2.45, 2.75) is 117 Å². The molecule has 2 aliphatic rings. The number of ketones is 1. The van der Waals surface area contributed by atoms with Gasteiger partial charge in [-0.1, -0.05) is 52.4 Å². The Labute approximate surface area is 174 Å². The third-order valence-electron chi connectivity index (χ3n) is 5.05. The molecular weight excluding hydrogens is 354 g/mol. The predicted octanol–water partition coefficient (Wildman–Crippen LogP) is 5.03. The van der Waals surface area contributed by atoms with Crippen molar-refractivity contribution in [1.82, 2.24) is 0 Å². The first-order valence-corrected chi connectivity index (χ1v) is 11.4. The van der Waals surface area contributed by atoms with E-state index < -0.39 is 0 Å². The number of aliphatic hydroxyl groups is 1. The minimum atomic E-state index is -0.229. The molecule has 168 valence electrons. The van der Waals surface area contributed by atoms with E-state index in [1.807, 2.05) is 13.8 Å². The molecule has 1 amide bonds. The van der Waals surface area contributed by atoms with Crippen LogP contribution >= 0.6 is 0 Å². The van der Waals surface area contributed by atoms with Crippen molar-refractivity contribution in [3.05, 3.63) is 0 Å². The number of Topliss-reactive ketones (excluding diaryl/α,β-unsaturated/α-hetero) is 1. The van der Waals surface area contributed by atoms with Gasteiger partial charge in [0.05, 0.1) is 6.10 Å². The summed E-state index contributed by atoms with van der Waals surface area (Å²) in [4.78, 5) is 21.9. The Morgan fingerprint density at radius 2 is 1.43 bits per heavy atom. The molecule has 2 saturated carbocycles. The van der Waals surface area contributed by atoms with Gasteiger partial charge in [-0.05, 0) is 46.0 Å². The fourth-order valence-electron chi connectivity index (χ4n) is 3.59. The van der Waals surface area contributed by atoms with Gasteiger partial charge in [0.25, 0.3) is 0 Å². The zero-order valence-electron chi connectivity index (χ0n) is 18.8. The van der Waals surface area contributed by atoms with Gasteiger partial charge < -0.3 is 15.6 Å². The first-order chi connectivity index (χ1) is 13.2. The molecule has 0 aromatic rings. The Balaban J connectivity index is 0. The van der Waals surface area contributed by atoms with Crippen LogP contribution in [0.2, 0.25) is 0 Å². The summed E-state index contributed by atoms with van der Waals surface area (Å²) in [6.45, 7) is 8.15. The van der Waals surface area contributed by atoms with E-state index in [1.54, 1.807) is 13.8 Å². The number of primary amides is 1. The van der Waals surface area contributed by atoms with Gasteiger partial charge in [0.1, 0.15) is 5.78 Å². The van der Waals surface area contributed by atoms with Crippen molar-refractivity contribution in [2.24, 2.45) is 17.6 Å². The normalized spacial score (nSPS) is 18.1. The summed E-state index contributed by atoms with van der Waals surface area (Å²) in [6, 6.07) is 0. The van der Waals surface area contributed by atoms with E-state index in [0.29, 0.717) is 30.8 Å². The lowest BCUT2D eigenvalue weighted by Gasteiger charge is -2.21. The van der Waals surface area contributed by atoms with Crippen LogP contribution in [0.3, 0.4) is 0 Å². The number of carbonyl (C=O) groups excluding carboxylic acids is 2. The number of ether oxygens (including phenoxy) is 1. The molecular formula is C23H47NO4. The molecule has 0 unspecified atom stereocenters. The topological polar surface area (TPSA) is 89.6 Å². The Morgan fingerprint density at radius 3 is 1.86 bits per heavy atom. The Bertz CT molecular complexity index is 401. The number of nitrogens with two attached hydrogens (primary N) is 1. The van der Waals surface area contributed by atoms with Gasteiger partial charge in [-0.3, -0.25) is 9.59 Å². The summed E-state index contributed by atoms with van der Waals surface area (Å²) in [6.07, 6.45) is 14.0. The lowest BCUT2D eigenvalue weighted by molar-refractivity contribution is -0.126. The van der Waals surface area contributed by atoms with Crippen LogP contribution in [0, 0.1) is 11.8 Å². The lowest BCUT2D eigenvalue weighted by Crippen LogP contribution is -2.21. The van der Waals surface area contributed by atoms with Gasteiger partial charge in [0.15, 0.2) is 0 Å². The summed E-state index contributed by atoms with van der Waals surface area (Å²) in [5.41, 5.74) is 5.02. The van der Waals surface area contributed by atoms with Crippen molar-refractivity contribution in [3.63, 3.8) is 0 Å². The maximum Gasteiger partial charge on any atom is 0.217 e. The maximum atomic E-state index is 11.5. The summed E-state index contributed by atoms with van der Waals surface area (Å²) in [7, 11) is 0. The van der Waals surface area contributed by atoms with Crippen LogP contribution < -0.4 is 5.73 Å². The number of amides is 1. The van der Waals surface area contributed by atoms with Gasteiger partial charge in [-0.2, -0.15) is 0 Å². The highest BCUT2D eigenvalue weighted by molar-refractivity contribution is 5.82. The largest absolute Gasteiger partial charge is 0.394 e. The standard InChI is InChI=1S/C10H19NO2.C10H18O.C3H8O.H2/c11-10(12)7-4-8-13-9-5-2-1-3-6-9;1-8(2)10(11)9-6-4-3-5-7-9;1-3(2)4;/h9H,1-8H2,(H2,11,12);8-9H,3-7H2,1-2H3;3-4H,1-2H3;1H. The van der Waals surface area contributed by atoms with E-state index in [-0.39, 0.29) is 19.4 Å². The van der Waals surface area contributed by atoms with Crippen molar-refractivity contribution in [1.29, 1.82) is 0 Å². The van der Waals surface area contributed by atoms with E-state index in [9.17, 15) is 9.59 Å². The zero-order chi connectivity index (χ0) is 21.4. The van der Waals surface area contributed by atoms with Crippen molar-refractivity contribution in [3.8, 4) is 0 Å². The average molecular weight is 402 g/mol. The van der Waals surface area contributed by atoms with Crippen LogP contribution in [-0.4, -0.2) is 35.6 Å². The number of carbonyl (C=O) groups is 2. The van der Waals surface area contributed by atoms with Crippen LogP contribution in [0.5, 0.6) is 0 Å². The van der Waals surface area contributed by atoms with E-state index in [2.05, 4.69) is 0 Å². The van der Waals surface area contributed by atoms with Crippen LogP contribution in [0.4, 0.5) is 0 Å². The van der Waals surface area contributed by atoms with Crippen LogP contribution in [-0.2, 0) is 14.3 Å². The Morgan fingerprint density at radius 1 is 0.964 bits per heavy atom. The summed E-state index contributed by atoms with van der Waals surface area (Å²) >= 11 is 0. The fourth-order valence-corrected chi connectivity index (χ4v) is 3.59. The highest BCUT2D eigenvalue weighted by Gasteiger charge is 2.22. The molecule has 0 heterocycles. The van der Waals surface area contributed by atoms with E-state index in [0.717, 1.165) is 19.3 Å².